The highest BCUT2D eigenvalue weighted by Crippen LogP contribution is 2.11. The average molecular weight is 551 g/mol. The van der Waals surface area contributed by atoms with Crippen LogP contribution in [0.25, 0.3) is 0 Å². The first-order valence-electron chi connectivity index (χ1n) is 12.8. The summed E-state index contributed by atoms with van der Waals surface area (Å²) in [6, 6.07) is 5.07. The first-order valence-corrected chi connectivity index (χ1v) is 14.2. The molecule has 1 aromatic rings. The van der Waals surface area contributed by atoms with Gasteiger partial charge in [-0.25, -0.2) is 4.79 Å². The molecule has 4 atom stereocenters. The number of carboxylic acids is 1. The number of carbonyl (C=O) groups is 5. The van der Waals surface area contributed by atoms with Gasteiger partial charge in [-0.1, -0.05) is 58.0 Å². The van der Waals surface area contributed by atoms with Crippen molar-refractivity contribution in [1.29, 1.82) is 0 Å². The third-order valence-corrected chi connectivity index (χ3v) is 6.42. The Morgan fingerprint density at radius 1 is 0.816 bits per heavy atom. The first kappa shape index (κ1) is 32.9. The van der Waals surface area contributed by atoms with Crippen LogP contribution in [0.5, 0.6) is 0 Å². The molecule has 0 aliphatic heterocycles. The van der Waals surface area contributed by atoms with E-state index in [1.54, 1.807) is 24.3 Å². The summed E-state index contributed by atoms with van der Waals surface area (Å²) in [6.45, 7) is 7.58. The fourth-order valence-electron chi connectivity index (χ4n) is 3.88. The van der Waals surface area contributed by atoms with E-state index in [0.29, 0.717) is 25.0 Å². The predicted octanol–water partition coefficient (Wildman–Crippen LogP) is 1.73. The number of hydrogen-bond donors (Lipinski definition) is 5. The minimum atomic E-state index is -1.18. The van der Waals surface area contributed by atoms with E-state index in [9.17, 15) is 29.1 Å². The summed E-state index contributed by atoms with van der Waals surface area (Å²) in [5.74, 6) is -2.09. The first-order chi connectivity index (χ1) is 18.0. The van der Waals surface area contributed by atoms with Crippen molar-refractivity contribution in [3.05, 3.63) is 35.9 Å². The van der Waals surface area contributed by atoms with Crippen molar-refractivity contribution < 1.29 is 29.1 Å². The Bertz CT molecular complexity index is 912. The van der Waals surface area contributed by atoms with Crippen molar-refractivity contribution in [2.75, 3.05) is 12.0 Å². The van der Waals surface area contributed by atoms with E-state index in [2.05, 4.69) is 21.3 Å². The van der Waals surface area contributed by atoms with Crippen LogP contribution in [0.1, 0.15) is 52.5 Å². The van der Waals surface area contributed by atoms with Gasteiger partial charge in [-0.05, 0) is 48.7 Å². The zero-order chi connectivity index (χ0) is 28.7. The van der Waals surface area contributed by atoms with Crippen LogP contribution >= 0.6 is 11.8 Å². The van der Waals surface area contributed by atoms with E-state index < -0.39 is 47.9 Å². The van der Waals surface area contributed by atoms with Crippen LogP contribution in [0.4, 0.5) is 0 Å². The Labute approximate surface area is 229 Å². The van der Waals surface area contributed by atoms with Gasteiger partial charge in [-0.3, -0.25) is 19.2 Å². The molecule has 11 heteroatoms. The van der Waals surface area contributed by atoms with Gasteiger partial charge in [0.15, 0.2) is 0 Å². The number of amides is 4. The van der Waals surface area contributed by atoms with E-state index in [1.807, 2.05) is 40.0 Å². The third-order valence-electron chi connectivity index (χ3n) is 5.77. The Hall–Kier alpha value is -3.08. The lowest BCUT2D eigenvalue weighted by molar-refractivity contribution is -0.142. The van der Waals surface area contributed by atoms with Gasteiger partial charge in [0.2, 0.25) is 24.1 Å². The van der Waals surface area contributed by atoms with Crippen LogP contribution in [-0.2, 0) is 30.4 Å². The second kappa shape index (κ2) is 17.4. The molecule has 4 amide bonds. The maximum atomic E-state index is 13.3. The Balaban J connectivity index is 3.03. The Morgan fingerprint density at radius 3 is 1.71 bits per heavy atom. The van der Waals surface area contributed by atoms with Gasteiger partial charge < -0.3 is 26.4 Å². The van der Waals surface area contributed by atoms with Crippen LogP contribution in [-0.4, -0.2) is 71.4 Å². The summed E-state index contributed by atoms with van der Waals surface area (Å²) in [6.07, 6.45) is 3.44. The minimum absolute atomic E-state index is 0.0225. The molecule has 0 saturated carbocycles. The van der Waals surface area contributed by atoms with Crippen LogP contribution in [0.3, 0.4) is 0 Å². The number of hydrogen-bond acceptors (Lipinski definition) is 6. The molecule has 10 nitrogen and oxygen atoms in total. The number of carbonyl (C=O) groups excluding carboxylic acids is 4. The van der Waals surface area contributed by atoms with Gasteiger partial charge in [-0.15, -0.1) is 0 Å². The quantitative estimate of drug-likeness (QED) is 0.174. The topological polar surface area (TPSA) is 154 Å². The number of rotatable bonds is 18. The molecule has 0 saturated heterocycles. The van der Waals surface area contributed by atoms with Gasteiger partial charge in [0.25, 0.3) is 0 Å². The fourth-order valence-corrected chi connectivity index (χ4v) is 4.35. The van der Waals surface area contributed by atoms with Gasteiger partial charge in [0, 0.05) is 6.42 Å². The van der Waals surface area contributed by atoms with Crippen molar-refractivity contribution in [3.8, 4) is 0 Å². The van der Waals surface area contributed by atoms with E-state index in [-0.39, 0.29) is 24.7 Å². The normalized spacial score (nSPS) is 14.2. The highest BCUT2D eigenvalue weighted by Gasteiger charge is 2.31. The van der Waals surface area contributed by atoms with E-state index in [4.69, 9.17) is 0 Å². The molecular weight excluding hydrogens is 508 g/mol. The van der Waals surface area contributed by atoms with Crippen molar-refractivity contribution in [2.45, 2.75) is 77.5 Å². The summed E-state index contributed by atoms with van der Waals surface area (Å²) in [7, 11) is 0. The number of thioether (sulfide) groups is 1. The molecule has 0 aliphatic carbocycles. The summed E-state index contributed by atoms with van der Waals surface area (Å²) in [5, 5.41) is 20.2. The van der Waals surface area contributed by atoms with E-state index in [1.165, 1.54) is 11.8 Å². The second-order valence-corrected chi connectivity index (χ2v) is 11.1. The van der Waals surface area contributed by atoms with Crippen LogP contribution < -0.4 is 21.3 Å². The second-order valence-electron chi connectivity index (χ2n) is 10.1. The van der Waals surface area contributed by atoms with Gasteiger partial charge >= 0.3 is 5.97 Å². The third kappa shape index (κ3) is 12.4. The summed E-state index contributed by atoms with van der Waals surface area (Å²) in [5.41, 5.74) is 0.754. The Morgan fingerprint density at radius 2 is 1.29 bits per heavy atom. The Kier molecular flexibility index (Phi) is 15.1. The standard InChI is InChI=1S/C27H42N4O6S/c1-17(2)13-21(29-24(33)20(28-16-32)11-12-38-5)25(34)30-22(14-18(3)4)26(35)31-23(27(36)37)15-19-9-7-6-8-10-19/h6-10,16-18,20-23H,11-15H2,1-5H3,(H,28,32)(H,29,33)(H,30,34)(H,31,35)(H,36,37)/t20-,21-,22-,23-/m0/s1. The van der Waals surface area contributed by atoms with E-state index in [0.717, 1.165) is 5.56 Å². The molecule has 0 bridgehead atoms. The van der Waals surface area contributed by atoms with Gasteiger partial charge in [0.1, 0.15) is 24.2 Å². The molecule has 0 unspecified atom stereocenters. The zero-order valence-corrected chi connectivity index (χ0v) is 23.7. The number of aliphatic carboxylic acids is 1. The lowest BCUT2D eigenvalue weighted by Crippen LogP contribution is -2.58. The highest BCUT2D eigenvalue weighted by molar-refractivity contribution is 7.98. The molecule has 38 heavy (non-hydrogen) atoms. The summed E-state index contributed by atoms with van der Waals surface area (Å²) >= 11 is 1.53. The molecule has 1 aromatic carbocycles. The number of benzene rings is 1. The van der Waals surface area contributed by atoms with Crippen molar-refractivity contribution in [1.82, 2.24) is 21.3 Å². The molecule has 5 N–H and O–H groups in total. The van der Waals surface area contributed by atoms with Crippen LogP contribution in [0.2, 0.25) is 0 Å². The van der Waals surface area contributed by atoms with E-state index >= 15 is 0 Å². The fraction of sp³-hybridized carbons (Fsp3) is 0.593. The molecule has 0 heterocycles. The molecule has 0 radical (unpaired) electrons. The lowest BCUT2D eigenvalue weighted by atomic mass is 9.99. The molecule has 0 fully saturated rings. The molecule has 0 aromatic heterocycles. The zero-order valence-electron chi connectivity index (χ0n) is 22.9. The maximum absolute atomic E-state index is 13.3. The summed E-state index contributed by atoms with van der Waals surface area (Å²) in [4.78, 5) is 62.2. The molecule has 0 spiro atoms. The minimum Gasteiger partial charge on any atom is -0.480 e. The van der Waals surface area contributed by atoms with Crippen LogP contribution in [0.15, 0.2) is 30.3 Å². The summed E-state index contributed by atoms with van der Waals surface area (Å²) < 4.78 is 0. The maximum Gasteiger partial charge on any atom is 0.326 e. The number of carboxylic acid groups (broad SMARTS) is 1. The highest BCUT2D eigenvalue weighted by atomic mass is 32.2. The molecule has 212 valence electrons. The molecular formula is C27H42N4O6S. The van der Waals surface area contributed by atoms with Crippen molar-refractivity contribution >= 4 is 41.9 Å². The smallest absolute Gasteiger partial charge is 0.326 e. The molecule has 1 rings (SSSR count). The lowest BCUT2D eigenvalue weighted by Gasteiger charge is -2.27. The SMILES string of the molecule is CSCC[C@H](NC=O)C(=O)N[C@@H](CC(C)C)C(=O)N[C@@H](CC(C)C)C(=O)N[C@@H](Cc1ccccc1)C(=O)O. The van der Waals surface area contributed by atoms with Crippen molar-refractivity contribution in [2.24, 2.45) is 11.8 Å². The predicted molar refractivity (Wildman–Crippen MR) is 148 cm³/mol. The van der Waals surface area contributed by atoms with Crippen LogP contribution in [0, 0.1) is 11.8 Å². The number of nitrogens with one attached hydrogen (secondary N) is 4. The van der Waals surface area contributed by atoms with Crippen molar-refractivity contribution in [3.63, 3.8) is 0 Å². The monoisotopic (exact) mass is 550 g/mol. The van der Waals surface area contributed by atoms with Gasteiger partial charge in [-0.2, -0.15) is 11.8 Å². The molecule has 0 aliphatic rings. The van der Waals surface area contributed by atoms with Gasteiger partial charge in [0.05, 0.1) is 0 Å². The largest absolute Gasteiger partial charge is 0.480 e. The average Bonchev–Trinajstić information content (AvgIpc) is 2.85.